The highest BCUT2D eigenvalue weighted by Crippen LogP contribution is 2.46. The van der Waals surface area contributed by atoms with E-state index in [0.29, 0.717) is 5.92 Å². The molecular formula is C11H19NO. The quantitative estimate of drug-likeness (QED) is 0.642. The van der Waals surface area contributed by atoms with Crippen LogP contribution < -0.4 is 0 Å². The summed E-state index contributed by atoms with van der Waals surface area (Å²) in [5.74, 6) is 0.682. The maximum atomic E-state index is 5.97. The molecule has 2 atom stereocenters. The molecule has 2 heteroatoms. The topological polar surface area (TPSA) is 12.5 Å². The second-order valence-electron chi connectivity index (χ2n) is 5.29. The number of nitrogens with zero attached hydrogens (tertiary/aromatic N) is 1. The first-order valence-corrected chi connectivity index (χ1v) is 5.61. The lowest BCUT2D eigenvalue weighted by Gasteiger charge is -2.35. The van der Waals surface area contributed by atoms with Gasteiger partial charge in [-0.2, -0.15) is 0 Å². The first kappa shape index (κ1) is 8.25. The number of morpholine rings is 1. The molecule has 0 aromatic rings. The van der Waals surface area contributed by atoms with E-state index in [4.69, 9.17) is 4.74 Å². The summed E-state index contributed by atoms with van der Waals surface area (Å²) >= 11 is 0. The number of hydrogen-bond donors (Lipinski definition) is 0. The predicted molar refractivity (Wildman–Crippen MR) is 51.7 cm³/mol. The van der Waals surface area contributed by atoms with Crippen LogP contribution in [0.2, 0.25) is 0 Å². The average Bonchev–Trinajstić information content (AvgIpc) is 2.77. The van der Waals surface area contributed by atoms with E-state index in [2.05, 4.69) is 18.7 Å². The molecule has 3 aliphatic rings. The number of hydrogen-bond acceptors (Lipinski definition) is 2. The van der Waals surface area contributed by atoms with Gasteiger partial charge in [0, 0.05) is 18.6 Å². The molecule has 2 heterocycles. The van der Waals surface area contributed by atoms with Crippen LogP contribution in [0.4, 0.5) is 0 Å². The van der Waals surface area contributed by atoms with Crippen molar-refractivity contribution in [3.8, 4) is 0 Å². The van der Waals surface area contributed by atoms with Crippen molar-refractivity contribution in [2.24, 2.45) is 5.92 Å². The summed E-state index contributed by atoms with van der Waals surface area (Å²) in [6.07, 6.45) is 4.16. The van der Waals surface area contributed by atoms with Gasteiger partial charge in [0.15, 0.2) is 0 Å². The minimum Gasteiger partial charge on any atom is -0.372 e. The van der Waals surface area contributed by atoms with E-state index in [0.717, 1.165) is 18.7 Å². The maximum absolute atomic E-state index is 5.97. The van der Waals surface area contributed by atoms with Crippen LogP contribution in [-0.4, -0.2) is 35.7 Å². The molecule has 0 spiro atoms. The van der Waals surface area contributed by atoms with Gasteiger partial charge in [0.05, 0.1) is 12.2 Å². The van der Waals surface area contributed by atoms with E-state index in [1.165, 1.54) is 25.8 Å². The summed E-state index contributed by atoms with van der Waals surface area (Å²) in [4.78, 5) is 2.71. The lowest BCUT2D eigenvalue weighted by molar-refractivity contribution is -0.0736. The Morgan fingerprint density at radius 2 is 2.08 bits per heavy atom. The lowest BCUT2D eigenvalue weighted by Crippen LogP contribution is -2.46. The minimum absolute atomic E-state index is 0.229. The highest BCUT2D eigenvalue weighted by atomic mass is 16.5. The SMILES string of the molecule is CC(C)[C@]12C[C@H](CO1)N(C1CC1)C2. The molecule has 0 aromatic carbocycles. The van der Waals surface area contributed by atoms with Crippen LogP contribution in [-0.2, 0) is 4.74 Å². The van der Waals surface area contributed by atoms with Crippen molar-refractivity contribution < 1.29 is 4.74 Å². The van der Waals surface area contributed by atoms with Crippen LogP contribution in [0, 0.1) is 5.92 Å². The van der Waals surface area contributed by atoms with E-state index in [1.807, 2.05) is 0 Å². The van der Waals surface area contributed by atoms with E-state index in [9.17, 15) is 0 Å². The molecule has 13 heavy (non-hydrogen) atoms. The van der Waals surface area contributed by atoms with Gasteiger partial charge in [-0.15, -0.1) is 0 Å². The molecule has 0 N–H and O–H groups in total. The molecule has 2 aliphatic heterocycles. The molecule has 3 rings (SSSR count). The first-order chi connectivity index (χ1) is 6.21. The van der Waals surface area contributed by atoms with Gasteiger partial charge in [-0.3, -0.25) is 4.90 Å². The molecule has 1 saturated carbocycles. The number of fused-ring (bicyclic) bond motifs is 2. The first-order valence-electron chi connectivity index (χ1n) is 5.61. The van der Waals surface area contributed by atoms with E-state index < -0.39 is 0 Å². The van der Waals surface area contributed by atoms with Gasteiger partial charge in [0.2, 0.25) is 0 Å². The fourth-order valence-electron chi connectivity index (χ4n) is 2.96. The van der Waals surface area contributed by atoms with Gasteiger partial charge in [0.1, 0.15) is 0 Å². The predicted octanol–water partition coefficient (Wildman–Crippen LogP) is 1.65. The smallest absolute Gasteiger partial charge is 0.0848 e. The molecular weight excluding hydrogens is 162 g/mol. The third-order valence-electron chi connectivity index (χ3n) is 4.13. The average molecular weight is 181 g/mol. The molecule has 0 radical (unpaired) electrons. The van der Waals surface area contributed by atoms with Gasteiger partial charge in [-0.1, -0.05) is 13.8 Å². The highest BCUT2D eigenvalue weighted by Gasteiger charge is 2.55. The Labute approximate surface area is 80.2 Å². The van der Waals surface area contributed by atoms with Crippen molar-refractivity contribution in [1.82, 2.24) is 4.90 Å². The Hall–Kier alpha value is -0.0800. The second kappa shape index (κ2) is 2.48. The molecule has 2 nitrogen and oxygen atoms in total. The van der Waals surface area contributed by atoms with Crippen molar-refractivity contribution in [3.05, 3.63) is 0 Å². The Morgan fingerprint density at radius 3 is 2.62 bits per heavy atom. The van der Waals surface area contributed by atoms with Gasteiger partial charge < -0.3 is 4.74 Å². The third kappa shape index (κ3) is 1.08. The zero-order chi connectivity index (χ0) is 9.05. The maximum Gasteiger partial charge on any atom is 0.0848 e. The Balaban J connectivity index is 1.80. The van der Waals surface area contributed by atoms with Gasteiger partial charge in [-0.25, -0.2) is 0 Å². The van der Waals surface area contributed by atoms with Crippen LogP contribution in [0.25, 0.3) is 0 Å². The Morgan fingerprint density at radius 1 is 1.31 bits per heavy atom. The number of likely N-dealkylation sites (tertiary alicyclic amines) is 1. The van der Waals surface area contributed by atoms with Crippen LogP contribution in [0.15, 0.2) is 0 Å². The Kier molecular flexibility index (Phi) is 1.58. The zero-order valence-corrected chi connectivity index (χ0v) is 8.62. The van der Waals surface area contributed by atoms with Gasteiger partial charge in [0.25, 0.3) is 0 Å². The summed E-state index contributed by atoms with van der Waals surface area (Å²) in [7, 11) is 0. The summed E-state index contributed by atoms with van der Waals surface area (Å²) in [6.45, 7) is 6.81. The fourth-order valence-corrected chi connectivity index (χ4v) is 2.96. The van der Waals surface area contributed by atoms with Crippen molar-refractivity contribution in [2.45, 2.75) is 50.8 Å². The molecule has 0 aromatic heterocycles. The molecule has 74 valence electrons. The van der Waals surface area contributed by atoms with E-state index in [-0.39, 0.29) is 5.60 Å². The van der Waals surface area contributed by atoms with Crippen LogP contribution in [0.1, 0.15) is 33.1 Å². The second-order valence-corrected chi connectivity index (χ2v) is 5.29. The van der Waals surface area contributed by atoms with Gasteiger partial charge >= 0.3 is 0 Å². The zero-order valence-electron chi connectivity index (χ0n) is 8.62. The number of ether oxygens (including phenoxy) is 1. The summed E-state index contributed by atoms with van der Waals surface area (Å²) in [6, 6.07) is 1.68. The third-order valence-corrected chi connectivity index (χ3v) is 4.13. The monoisotopic (exact) mass is 181 g/mol. The van der Waals surface area contributed by atoms with Crippen LogP contribution in [0.3, 0.4) is 0 Å². The molecule has 2 saturated heterocycles. The minimum atomic E-state index is 0.229. The van der Waals surface area contributed by atoms with E-state index in [1.54, 1.807) is 0 Å². The highest BCUT2D eigenvalue weighted by molar-refractivity contribution is 5.08. The van der Waals surface area contributed by atoms with E-state index >= 15 is 0 Å². The largest absolute Gasteiger partial charge is 0.372 e. The molecule has 0 amide bonds. The molecule has 2 bridgehead atoms. The van der Waals surface area contributed by atoms with Crippen molar-refractivity contribution in [3.63, 3.8) is 0 Å². The van der Waals surface area contributed by atoms with Crippen LogP contribution >= 0.6 is 0 Å². The summed E-state index contributed by atoms with van der Waals surface area (Å²) in [5.41, 5.74) is 0.229. The standard InChI is InChI=1S/C11H19NO/c1-8(2)11-5-10(6-13-11)12(7-11)9-3-4-9/h8-10H,3-7H2,1-2H3/t10-,11-/m1/s1. The van der Waals surface area contributed by atoms with Crippen molar-refractivity contribution >= 4 is 0 Å². The summed E-state index contributed by atoms with van der Waals surface area (Å²) < 4.78 is 5.97. The lowest BCUT2D eigenvalue weighted by atomic mass is 9.90. The van der Waals surface area contributed by atoms with Crippen LogP contribution in [0.5, 0.6) is 0 Å². The molecule has 3 fully saturated rings. The summed E-state index contributed by atoms with van der Waals surface area (Å²) in [5, 5.41) is 0. The normalized spacial score (nSPS) is 45.0. The number of rotatable bonds is 2. The Bertz CT molecular complexity index is 224. The molecule has 1 aliphatic carbocycles. The molecule has 0 unspecified atom stereocenters. The van der Waals surface area contributed by atoms with Crippen molar-refractivity contribution in [1.29, 1.82) is 0 Å². The van der Waals surface area contributed by atoms with Crippen molar-refractivity contribution in [2.75, 3.05) is 13.2 Å². The fraction of sp³-hybridized carbons (Fsp3) is 1.00. The van der Waals surface area contributed by atoms with Gasteiger partial charge in [-0.05, 0) is 25.2 Å².